The lowest BCUT2D eigenvalue weighted by atomic mass is 10.00. The van der Waals surface area contributed by atoms with Gasteiger partial charge < -0.3 is 9.64 Å². The molecule has 1 saturated heterocycles. The maximum atomic E-state index is 13.9. The van der Waals surface area contributed by atoms with Crippen molar-refractivity contribution < 1.29 is 22.3 Å². The standard InChI is InChI=1S/C36H32F4N4O.3ClH/c1-45-30-6-4-28(5-7-30)44(23-25-11-15-42-36(19-25)27-3-9-32(38)34(40)21-27)29-12-16-43(17-13-29)22-24-10-14-41-35(18-24)26-2-8-31(37)33(39)20-26;;;/h2-11,14-15,18-21,29H,12-13,16-17,22-23H2,1H3;3*1H. The Balaban J connectivity index is 0.00000208. The molecule has 1 aliphatic heterocycles. The molecule has 5 aromatic rings. The van der Waals surface area contributed by atoms with Gasteiger partial charge in [0.1, 0.15) is 5.75 Å². The van der Waals surface area contributed by atoms with Crippen LogP contribution >= 0.6 is 37.2 Å². The number of ether oxygens (including phenoxy) is 1. The van der Waals surface area contributed by atoms with Gasteiger partial charge in [-0.1, -0.05) is 0 Å². The average molecular weight is 722 g/mol. The molecule has 0 saturated carbocycles. The van der Waals surface area contributed by atoms with Crippen molar-refractivity contribution >= 4 is 42.9 Å². The first-order valence-corrected chi connectivity index (χ1v) is 14.8. The van der Waals surface area contributed by atoms with Gasteiger partial charge in [-0.3, -0.25) is 14.9 Å². The van der Waals surface area contributed by atoms with Crippen molar-refractivity contribution in [1.29, 1.82) is 0 Å². The summed E-state index contributed by atoms with van der Waals surface area (Å²) in [6, 6.07) is 23.7. The smallest absolute Gasteiger partial charge is 0.159 e. The van der Waals surface area contributed by atoms with Crippen LogP contribution in [0.1, 0.15) is 24.0 Å². The van der Waals surface area contributed by atoms with Crippen molar-refractivity contribution in [2.24, 2.45) is 0 Å². The van der Waals surface area contributed by atoms with Crippen molar-refractivity contribution in [2.75, 3.05) is 25.1 Å². The van der Waals surface area contributed by atoms with Crippen LogP contribution in [0.4, 0.5) is 23.2 Å². The molecule has 0 aliphatic carbocycles. The number of aromatic nitrogens is 2. The number of hydrogen-bond donors (Lipinski definition) is 0. The highest BCUT2D eigenvalue weighted by Gasteiger charge is 2.26. The van der Waals surface area contributed by atoms with E-state index < -0.39 is 23.3 Å². The molecule has 0 radical (unpaired) electrons. The summed E-state index contributed by atoms with van der Waals surface area (Å²) in [7, 11) is 1.64. The number of methoxy groups -OCH3 is 1. The average Bonchev–Trinajstić information content (AvgIpc) is 3.07. The van der Waals surface area contributed by atoms with Crippen LogP contribution in [0.2, 0.25) is 0 Å². The maximum absolute atomic E-state index is 13.9. The maximum Gasteiger partial charge on any atom is 0.159 e. The third-order valence-corrected chi connectivity index (χ3v) is 8.24. The first-order valence-electron chi connectivity index (χ1n) is 14.8. The summed E-state index contributed by atoms with van der Waals surface area (Å²) >= 11 is 0. The zero-order valence-electron chi connectivity index (χ0n) is 26.0. The predicted molar refractivity (Wildman–Crippen MR) is 188 cm³/mol. The summed E-state index contributed by atoms with van der Waals surface area (Å²) in [5, 5.41) is 0. The molecule has 0 unspecified atom stereocenters. The number of halogens is 7. The lowest BCUT2D eigenvalue weighted by Crippen LogP contribution is -2.44. The summed E-state index contributed by atoms with van der Waals surface area (Å²) in [6.07, 6.45) is 5.25. The largest absolute Gasteiger partial charge is 0.497 e. The molecule has 2 aromatic heterocycles. The normalized spacial score (nSPS) is 13.1. The Labute approximate surface area is 296 Å². The van der Waals surface area contributed by atoms with Gasteiger partial charge in [0.05, 0.1) is 18.5 Å². The van der Waals surface area contributed by atoms with Gasteiger partial charge in [0.2, 0.25) is 0 Å². The first-order chi connectivity index (χ1) is 21.9. The van der Waals surface area contributed by atoms with Crippen LogP contribution in [-0.4, -0.2) is 41.1 Å². The van der Waals surface area contributed by atoms with E-state index in [0.717, 1.165) is 67.2 Å². The minimum absolute atomic E-state index is 0. The van der Waals surface area contributed by atoms with Gasteiger partial charge >= 0.3 is 0 Å². The van der Waals surface area contributed by atoms with Crippen LogP contribution in [0.3, 0.4) is 0 Å². The van der Waals surface area contributed by atoms with Gasteiger partial charge in [-0.25, -0.2) is 17.6 Å². The summed E-state index contributed by atoms with van der Waals surface area (Å²) in [5.41, 5.74) is 5.35. The van der Waals surface area contributed by atoms with Gasteiger partial charge in [-0.15, -0.1) is 37.2 Å². The van der Waals surface area contributed by atoms with Gasteiger partial charge in [-0.05, 0) is 109 Å². The van der Waals surface area contributed by atoms with E-state index >= 15 is 0 Å². The van der Waals surface area contributed by atoms with Gasteiger partial charge in [-0.2, -0.15) is 0 Å². The molecule has 0 amide bonds. The van der Waals surface area contributed by atoms with E-state index in [1.165, 1.54) is 24.3 Å². The number of benzene rings is 3. The predicted octanol–water partition coefficient (Wildman–Crippen LogP) is 9.31. The number of piperidine rings is 1. The van der Waals surface area contributed by atoms with E-state index in [4.69, 9.17) is 4.74 Å². The SMILES string of the molecule is COc1ccc(N(Cc2ccnc(-c3ccc(F)c(F)c3)c2)C2CCN(Cc3ccnc(-c4ccc(F)c(F)c4)c3)CC2)cc1.Cl.Cl.Cl. The van der Waals surface area contributed by atoms with Crippen molar-refractivity contribution in [3.8, 4) is 28.3 Å². The summed E-state index contributed by atoms with van der Waals surface area (Å²) in [4.78, 5) is 13.5. The van der Waals surface area contributed by atoms with Gasteiger partial charge in [0.25, 0.3) is 0 Å². The molecule has 1 aliphatic rings. The number of hydrogen-bond acceptors (Lipinski definition) is 5. The molecule has 0 atom stereocenters. The molecule has 254 valence electrons. The molecule has 5 nitrogen and oxygen atoms in total. The summed E-state index contributed by atoms with van der Waals surface area (Å²) in [6.45, 7) is 3.07. The van der Waals surface area contributed by atoms with E-state index in [0.29, 0.717) is 29.1 Å². The van der Waals surface area contributed by atoms with Crippen LogP contribution in [0, 0.1) is 23.3 Å². The summed E-state index contributed by atoms with van der Waals surface area (Å²) in [5.74, 6) is -2.79. The molecule has 0 bridgehead atoms. The van der Waals surface area contributed by atoms with E-state index in [-0.39, 0.29) is 43.3 Å². The highest BCUT2D eigenvalue weighted by Crippen LogP contribution is 2.30. The Morgan fingerprint density at radius 2 is 1.19 bits per heavy atom. The third kappa shape index (κ3) is 9.17. The molecule has 0 N–H and O–H groups in total. The molecular weight excluding hydrogens is 687 g/mol. The minimum Gasteiger partial charge on any atom is -0.497 e. The van der Waals surface area contributed by atoms with Crippen LogP contribution in [0.15, 0.2) is 97.3 Å². The number of rotatable bonds is 9. The van der Waals surface area contributed by atoms with Crippen LogP contribution in [-0.2, 0) is 13.1 Å². The van der Waals surface area contributed by atoms with E-state index in [1.54, 1.807) is 19.5 Å². The zero-order chi connectivity index (χ0) is 31.3. The topological polar surface area (TPSA) is 41.5 Å². The Bertz CT molecular complexity index is 1790. The van der Waals surface area contributed by atoms with Crippen molar-refractivity contribution in [1.82, 2.24) is 14.9 Å². The number of likely N-dealkylation sites (tertiary alicyclic amines) is 1. The fourth-order valence-electron chi connectivity index (χ4n) is 5.82. The van der Waals surface area contributed by atoms with Gasteiger partial charge in [0.15, 0.2) is 23.3 Å². The summed E-state index contributed by atoms with van der Waals surface area (Å²) < 4.78 is 60.1. The van der Waals surface area contributed by atoms with Crippen LogP contribution in [0.5, 0.6) is 5.75 Å². The van der Waals surface area contributed by atoms with Crippen molar-refractivity contribution in [2.45, 2.75) is 32.0 Å². The molecule has 3 heterocycles. The van der Waals surface area contributed by atoms with E-state index in [1.807, 2.05) is 36.4 Å². The third-order valence-electron chi connectivity index (χ3n) is 8.24. The number of pyridine rings is 2. The molecular formula is C36H35Cl3F4N4O. The Morgan fingerprint density at radius 3 is 1.71 bits per heavy atom. The lowest BCUT2D eigenvalue weighted by Gasteiger charge is -2.40. The molecule has 6 rings (SSSR count). The first kappa shape index (κ1) is 38.6. The molecule has 3 aromatic carbocycles. The second-order valence-corrected chi connectivity index (χ2v) is 11.2. The fraction of sp³-hybridized carbons (Fsp3) is 0.222. The van der Waals surface area contributed by atoms with Crippen LogP contribution in [0.25, 0.3) is 22.5 Å². The highest BCUT2D eigenvalue weighted by molar-refractivity contribution is 5.86. The fourth-order valence-corrected chi connectivity index (χ4v) is 5.82. The quantitative estimate of drug-likeness (QED) is 0.142. The lowest BCUT2D eigenvalue weighted by molar-refractivity contribution is 0.201. The second kappa shape index (κ2) is 17.5. The number of nitrogens with zero attached hydrogens (tertiary/aromatic N) is 4. The molecule has 12 heteroatoms. The molecule has 0 spiro atoms. The highest BCUT2D eigenvalue weighted by atomic mass is 35.5. The van der Waals surface area contributed by atoms with Crippen molar-refractivity contribution in [3.63, 3.8) is 0 Å². The molecule has 48 heavy (non-hydrogen) atoms. The second-order valence-electron chi connectivity index (χ2n) is 11.2. The Hall–Kier alpha value is -3.89. The van der Waals surface area contributed by atoms with Gasteiger partial charge in [0, 0.05) is 61.4 Å². The zero-order valence-corrected chi connectivity index (χ0v) is 28.4. The monoisotopic (exact) mass is 720 g/mol. The van der Waals surface area contributed by atoms with Crippen LogP contribution < -0.4 is 9.64 Å². The molecule has 1 fully saturated rings. The van der Waals surface area contributed by atoms with E-state index in [9.17, 15) is 17.6 Å². The van der Waals surface area contributed by atoms with E-state index in [2.05, 4.69) is 31.9 Å². The Morgan fingerprint density at radius 1 is 0.667 bits per heavy atom. The number of anilines is 1. The van der Waals surface area contributed by atoms with Crippen molar-refractivity contribution in [3.05, 3.63) is 132 Å². The minimum atomic E-state index is -0.904. The Kier molecular flexibility index (Phi) is 14.0.